The first-order valence-corrected chi connectivity index (χ1v) is 9.19. The Morgan fingerprint density at radius 2 is 2.13 bits per heavy atom. The number of nitrogens with one attached hydrogen (secondary N) is 1. The second kappa shape index (κ2) is 6.97. The first-order chi connectivity index (χ1) is 11.0. The van der Waals surface area contributed by atoms with E-state index in [1.165, 1.54) is 25.7 Å². The zero-order chi connectivity index (χ0) is 16.3. The molecule has 0 aliphatic heterocycles. The number of fused-ring (bicyclic) bond motifs is 1. The van der Waals surface area contributed by atoms with Gasteiger partial charge in [-0.15, -0.1) is 11.8 Å². The van der Waals surface area contributed by atoms with Crippen molar-refractivity contribution in [3.05, 3.63) is 36.1 Å². The van der Waals surface area contributed by atoms with E-state index in [0.29, 0.717) is 16.8 Å². The number of hydrogen-bond donors (Lipinski definition) is 2. The van der Waals surface area contributed by atoms with Gasteiger partial charge in [0.25, 0.3) is 0 Å². The maximum absolute atomic E-state index is 12.0. The zero-order valence-corrected chi connectivity index (χ0v) is 14.2. The number of para-hydroxylation sites is 1. The molecule has 1 aliphatic rings. The summed E-state index contributed by atoms with van der Waals surface area (Å²) in [6.45, 7) is 1.81. The van der Waals surface area contributed by atoms with Crippen LogP contribution in [0.25, 0.3) is 11.0 Å². The molecule has 1 atom stereocenters. The van der Waals surface area contributed by atoms with Gasteiger partial charge >= 0.3 is 0 Å². The maximum Gasteiger partial charge on any atom is 0.230 e. The Morgan fingerprint density at radius 3 is 2.87 bits per heavy atom. The van der Waals surface area contributed by atoms with Gasteiger partial charge in [0.05, 0.1) is 12.3 Å². The number of furan rings is 1. The van der Waals surface area contributed by atoms with Gasteiger partial charge in [0.1, 0.15) is 16.9 Å². The van der Waals surface area contributed by atoms with Crippen LogP contribution in [0.2, 0.25) is 0 Å². The Kier molecular flexibility index (Phi) is 4.97. The van der Waals surface area contributed by atoms with Gasteiger partial charge in [0.15, 0.2) is 0 Å². The maximum atomic E-state index is 12.0. The van der Waals surface area contributed by atoms with Crippen molar-refractivity contribution in [1.29, 1.82) is 0 Å². The second-order valence-electron chi connectivity index (χ2n) is 6.42. The van der Waals surface area contributed by atoms with Crippen LogP contribution in [-0.4, -0.2) is 28.6 Å². The molecule has 2 aromatic rings. The summed E-state index contributed by atoms with van der Waals surface area (Å²) in [5.41, 5.74) is -0.474. The molecular formula is C18H23NO3S. The molecule has 3 rings (SSSR count). The Labute approximate surface area is 140 Å². The molecular weight excluding hydrogens is 310 g/mol. The van der Waals surface area contributed by atoms with Crippen molar-refractivity contribution in [1.82, 2.24) is 5.32 Å². The van der Waals surface area contributed by atoms with E-state index in [4.69, 9.17) is 4.42 Å². The highest BCUT2D eigenvalue weighted by molar-refractivity contribution is 8.00. The van der Waals surface area contributed by atoms with Gasteiger partial charge in [-0.1, -0.05) is 31.0 Å². The van der Waals surface area contributed by atoms with Crippen molar-refractivity contribution < 1.29 is 14.3 Å². The standard InChI is InChI=1S/C18H23NO3S/c1-18(21,16-10-13-6-2-5-9-15(13)22-16)12-19-17(20)11-23-14-7-3-4-8-14/h2,5-6,9-10,14,21H,3-4,7-8,11-12H2,1H3,(H,19,20). The van der Waals surface area contributed by atoms with Gasteiger partial charge in [0, 0.05) is 10.6 Å². The highest BCUT2D eigenvalue weighted by atomic mass is 32.2. The molecule has 1 aromatic heterocycles. The van der Waals surface area contributed by atoms with Crippen LogP contribution in [0.4, 0.5) is 0 Å². The van der Waals surface area contributed by atoms with Gasteiger partial charge in [-0.25, -0.2) is 0 Å². The van der Waals surface area contributed by atoms with Gasteiger partial charge < -0.3 is 14.8 Å². The first kappa shape index (κ1) is 16.4. The normalized spacial score (nSPS) is 18.2. The fourth-order valence-electron chi connectivity index (χ4n) is 2.90. The average Bonchev–Trinajstić information content (AvgIpc) is 3.20. The first-order valence-electron chi connectivity index (χ1n) is 8.14. The summed E-state index contributed by atoms with van der Waals surface area (Å²) in [7, 11) is 0. The minimum Gasteiger partial charge on any atom is -0.458 e. The van der Waals surface area contributed by atoms with Gasteiger partial charge in [0.2, 0.25) is 5.91 Å². The van der Waals surface area contributed by atoms with Crippen LogP contribution < -0.4 is 5.32 Å². The van der Waals surface area contributed by atoms with Crippen molar-refractivity contribution in [2.24, 2.45) is 0 Å². The minimum absolute atomic E-state index is 0.0294. The molecule has 0 saturated heterocycles. The number of thioether (sulfide) groups is 1. The van der Waals surface area contributed by atoms with E-state index in [2.05, 4.69) is 5.32 Å². The van der Waals surface area contributed by atoms with Crippen LogP contribution in [0.5, 0.6) is 0 Å². The summed E-state index contributed by atoms with van der Waals surface area (Å²) in [5, 5.41) is 15.0. The minimum atomic E-state index is -1.22. The Balaban J connectivity index is 1.54. The molecule has 1 heterocycles. The predicted octanol–water partition coefficient (Wildman–Crippen LogP) is 3.43. The lowest BCUT2D eigenvalue weighted by atomic mass is 10.0. The molecule has 0 radical (unpaired) electrons. The molecule has 0 bridgehead atoms. The average molecular weight is 333 g/mol. The van der Waals surface area contributed by atoms with E-state index in [1.54, 1.807) is 18.7 Å². The Bertz CT molecular complexity index is 641. The lowest BCUT2D eigenvalue weighted by molar-refractivity contribution is -0.119. The summed E-state index contributed by atoms with van der Waals surface area (Å²) < 4.78 is 5.70. The van der Waals surface area contributed by atoms with E-state index in [-0.39, 0.29) is 12.5 Å². The zero-order valence-electron chi connectivity index (χ0n) is 13.4. The number of rotatable bonds is 6. The third-order valence-corrected chi connectivity index (χ3v) is 5.71. The number of amides is 1. The van der Waals surface area contributed by atoms with Gasteiger partial charge in [-0.05, 0) is 31.9 Å². The van der Waals surface area contributed by atoms with Gasteiger partial charge in [-0.2, -0.15) is 0 Å². The second-order valence-corrected chi connectivity index (χ2v) is 7.71. The summed E-state index contributed by atoms with van der Waals surface area (Å²) in [5.74, 6) is 0.904. The van der Waals surface area contributed by atoms with E-state index in [9.17, 15) is 9.90 Å². The van der Waals surface area contributed by atoms with Crippen LogP contribution in [-0.2, 0) is 10.4 Å². The van der Waals surface area contributed by atoms with Crippen molar-refractivity contribution >= 4 is 28.6 Å². The van der Waals surface area contributed by atoms with Crippen LogP contribution in [0.3, 0.4) is 0 Å². The third-order valence-electron chi connectivity index (χ3n) is 4.34. The molecule has 2 N–H and O–H groups in total. The highest BCUT2D eigenvalue weighted by Crippen LogP contribution is 2.29. The molecule has 1 aliphatic carbocycles. The summed E-state index contributed by atoms with van der Waals surface area (Å²) >= 11 is 1.73. The Morgan fingerprint density at radius 1 is 1.39 bits per heavy atom. The molecule has 5 heteroatoms. The molecule has 1 fully saturated rings. The highest BCUT2D eigenvalue weighted by Gasteiger charge is 2.28. The summed E-state index contributed by atoms with van der Waals surface area (Å²) in [4.78, 5) is 12.0. The molecule has 23 heavy (non-hydrogen) atoms. The molecule has 1 amide bonds. The molecule has 124 valence electrons. The number of benzene rings is 1. The monoisotopic (exact) mass is 333 g/mol. The number of carbonyl (C=O) groups excluding carboxylic acids is 1. The third kappa shape index (κ3) is 4.09. The fourth-order valence-corrected chi connectivity index (χ4v) is 4.06. The molecule has 1 unspecified atom stereocenters. The van der Waals surface area contributed by atoms with Crippen molar-refractivity contribution in [2.75, 3.05) is 12.3 Å². The van der Waals surface area contributed by atoms with Crippen molar-refractivity contribution in [3.8, 4) is 0 Å². The van der Waals surface area contributed by atoms with Crippen LogP contribution >= 0.6 is 11.8 Å². The van der Waals surface area contributed by atoms with Crippen molar-refractivity contribution in [3.63, 3.8) is 0 Å². The lowest BCUT2D eigenvalue weighted by Gasteiger charge is -2.21. The number of aliphatic hydroxyl groups is 1. The quantitative estimate of drug-likeness (QED) is 0.850. The molecule has 1 saturated carbocycles. The SMILES string of the molecule is CC(O)(CNC(=O)CSC1CCCC1)c1cc2ccccc2o1. The fraction of sp³-hybridized carbons (Fsp3) is 0.500. The van der Waals surface area contributed by atoms with Gasteiger partial charge in [-0.3, -0.25) is 4.79 Å². The van der Waals surface area contributed by atoms with Crippen LogP contribution in [0, 0.1) is 0 Å². The van der Waals surface area contributed by atoms with Crippen LogP contribution in [0.1, 0.15) is 38.4 Å². The van der Waals surface area contributed by atoms with E-state index >= 15 is 0 Å². The molecule has 4 nitrogen and oxygen atoms in total. The molecule has 1 aromatic carbocycles. The topological polar surface area (TPSA) is 62.5 Å². The largest absolute Gasteiger partial charge is 0.458 e. The smallest absolute Gasteiger partial charge is 0.230 e. The lowest BCUT2D eigenvalue weighted by Crippen LogP contribution is -2.39. The van der Waals surface area contributed by atoms with E-state index in [1.807, 2.05) is 30.3 Å². The van der Waals surface area contributed by atoms with E-state index in [0.717, 1.165) is 11.0 Å². The van der Waals surface area contributed by atoms with E-state index < -0.39 is 5.60 Å². The van der Waals surface area contributed by atoms with Crippen LogP contribution in [0.15, 0.2) is 34.7 Å². The predicted molar refractivity (Wildman–Crippen MR) is 93.5 cm³/mol. The molecule has 0 spiro atoms. The summed E-state index contributed by atoms with van der Waals surface area (Å²) in [6.07, 6.45) is 4.99. The summed E-state index contributed by atoms with van der Waals surface area (Å²) in [6, 6.07) is 9.46. The number of hydrogen-bond acceptors (Lipinski definition) is 4. The Hall–Kier alpha value is -1.46. The van der Waals surface area contributed by atoms with Crippen molar-refractivity contribution in [2.45, 2.75) is 43.5 Å². The number of carbonyl (C=O) groups is 1.